The molecule has 0 spiro atoms. The molecule has 14 heavy (non-hydrogen) atoms. The van der Waals surface area contributed by atoms with E-state index in [4.69, 9.17) is 9.47 Å². The van der Waals surface area contributed by atoms with Crippen molar-refractivity contribution in [3.8, 4) is 0 Å². The monoisotopic (exact) mass is 192 g/mol. The minimum absolute atomic E-state index is 0.0669. The topological polar surface area (TPSA) is 35.5 Å². The van der Waals surface area contributed by atoms with Crippen LogP contribution in [0.4, 0.5) is 4.79 Å². The fourth-order valence-electron chi connectivity index (χ4n) is 1.48. The molecule has 0 aliphatic carbocycles. The fraction of sp³-hybridized carbons (Fsp3) is 0.364. The smallest absolute Gasteiger partial charge is 0.430 e. The highest BCUT2D eigenvalue weighted by Crippen LogP contribution is 2.13. The summed E-state index contributed by atoms with van der Waals surface area (Å²) in [7, 11) is 0. The van der Waals surface area contributed by atoms with Gasteiger partial charge in [-0.05, 0) is 18.4 Å². The molecular weight excluding hydrogens is 180 g/mol. The fourth-order valence-corrected chi connectivity index (χ4v) is 1.48. The lowest BCUT2D eigenvalue weighted by atomic mass is 10.1. The van der Waals surface area contributed by atoms with Crippen LogP contribution in [0.25, 0.3) is 0 Å². The number of ether oxygens (including phenoxy) is 2. The van der Waals surface area contributed by atoms with E-state index in [1.54, 1.807) is 0 Å². The first-order valence-electron chi connectivity index (χ1n) is 4.72. The molecule has 1 aromatic carbocycles. The van der Waals surface area contributed by atoms with Crippen LogP contribution >= 0.6 is 0 Å². The quantitative estimate of drug-likeness (QED) is 0.688. The van der Waals surface area contributed by atoms with E-state index >= 15 is 0 Å². The summed E-state index contributed by atoms with van der Waals surface area (Å²) >= 11 is 0. The van der Waals surface area contributed by atoms with Crippen LogP contribution in [-0.4, -0.2) is 18.9 Å². The number of cyclic esters (lactones) is 2. The lowest BCUT2D eigenvalue weighted by Crippen LogP contribution is -2.10. The number of hydrogen-bond donors (Lipinski definition) is 0. The molecule has 1 aromatic rings. The van der Waals surface area contributed by atoms with E-state index in [9.17, 15) is 4.79 Å². The Hall–Kier alpha value is -1.51. The van der Waals surface area contributed by atoms with Crippen LogP contribution in [-0.2, 0) is 15.9 Å². The molecule has 0 N–H and O–H groups in total. The Morgan fingerprint density at radius 1 is 1.29 bits per heavy atom. The molecule has 1 saturated heterocycles. The third-order valence-corrected chi connectivity index (χ3v) is 2.25. The Labute approximate surface area is 82.6 Å². The summed E-state index contributed by atoms with van der Waals surface area (Å²) in [5.74, 6) is 0. The number of hydrogen-bond acceptors (Lipinski definition) is 3. The Kier molecular flexibility index (Phi) is 2.68. The summed E-state index contributed by atoms with van der Waals surface area (Å²) in [6, 6.07) is 10.1. The predicted octanol–water partition coefficient (Wildman–Crippen LogP) is 2.15. The molecule has 2 rings (SSSR count). The van der Waals surface area contributed by atoms with Crippen LogP contribution in [0.2, 0.25) is 0 Å². The summed E-state index contributed by atoms with van der Waals surface area (Å²) < 4.78 is 9.61. The molecule has 0 aromatic heterocycles. The van der Waals surface area contributed by atoms with E-state index in [0.717, 1.165) is 12.8 Å². The van der Waals surface area contributed by atoms with Gasteiger partial charge in [-0.25, -0.2) is 4.79 Å². The van der Waals surface area contributed by atoms with E-state index in [2.05, 4.69) is 12.1 Å². The molecule has 1 fully saturated rings. The second-order valence-corrected chi connectivity index (χ2v) is 3.33. The average Bonchev–Trinajstić information content (AvgIpc) is 2.63. The average molecular weight is 192 g/mol. The predicted molar refractivity (Wildman–Crippen MR) is 51.0 cm³/mol. The maximum atomic E-state index is 10.6. The number of carbonyl (C=O) groups is 1. The van der Waals surface area contributed by atoms with Gasteiger partial charge in [0, 0.05) is 0 Å². The van der Waals surface area contributed by atoms with Gasteiger partial charge in [0.1, 0.15) is 12.7 Å². The number of rotatable bonds is 3. The summed E-state index contributed by atoms with van der Waals surface area (Å²) in [5, 5.41) is 0. The Morgan fingerprint density at radius 2 is 2.07 bits per heavy atom. The van der Waals surface area contributed by atoms with E-state index in [0.29, 0.717) is 6.61 Å². The zero-order valence-electron chi connectivity index (χ0n) is 7.81. The van der Waals surface area contributed by atoms with Gasteiger partial charge in [0.2, 0.25) is 0 Å². The van der Waals surface area contributed by atoms with Crippen molar-refractivity contribution in [3.05, 3.63) is 35.9 Å². The van der Waals surface area contributed by atoms with Gasteiger partial charge in [0.25, 0.3) is 0 Å². The standard InChI is InChI=1S/C11H12O3/c12-11-13-8-10(14-11)7-6-9-4-2-1-3-5-9/h1-5,10H,6-8H2. The molecule has 1 aliphatic heterocycles. The van der Waals surface area contributed by atoms with Crippen molar-refractivity contribution < 1.29 is 14.3 Å². The van der Waals surface area contributed by atoms with Gasteiger partial charge in [-0.1, -0.05) is 30.3 Å². The van der Waals surface area contributed by atoms with Crippen molar-refractivity contribution in [2.45, 2.75) is 18.9 Å². The second-order valence-electron chi connectivity index (χ2n) is 3.33. The van der Waals surface area contributed by atoms with E-state index < -0.39 is 6.16 Å². The third-order valence-electron chi connectivity index (χ3n) is 2.25. The Balaban J connectivity index is 1.80. The molecule has 3 heteroatoms. The molecule has 0 bridgehead atoms. The van der Waals surface area contributed by atoms with E-state index in [-0.39, 0.29) is 6.10 Å². The first-order valence-corrected chi connectivity index (χ1v) is 4.72. The summed E-state index contributed by atoms with van der Waals surface area (Å²) in [5.41, 5.74) is 1.26. The van der Waals surface area contributed by atoms with E-state index in [1.807, 2.05) is 18.2 Å². The normalized spacial score (nSPS) is 20.3. The van der Waals surface area contributed by atoms with Gasteiger partial charge in [-0.2, -0.15) is 0 Å². The van der Waals surface area contributed by atoms with Crippen LogP contribution in [0.15, 0.2) is 30.3 Å². The maximum absolute atomic E-state index is 10.6. The summed E-state index contributed by atoms with van der Waals surface area (Å²) in [6.07, 6.45) is 1.14. The zero-order chi connectivity index (χ0) is 9.80. The minimum atomic E-state index is -0.539. The van der Waals surface area contributed by atoms with Crippen LogP contribution in [0.3, 0.4) is 0 Å². The molecule has 1 aliphatic rings. The SMILES string of the molecule is O=C1OCC(CCc2ccccc2)O1. The molecule has 1 atom stereocenters. The molecule has 0 radical (unpaired) electrons. The second kappa shape index (κ2) is 4.13. The first kappa shape index (κ1) is 9.06. The molecule has 1 unspecified atom stereocenters. The van der Waals surface area contributed by atoms with Crippen molar-refractivity contribution in [2.24, 2.45) is 0 Å². The molecule has 0 saturated carbocycles. The van der Waals surface area contributed by atoms with Crippen LogP contribution in [0, 0.1) is 0 Å². The number of benzene rings is 1. The highest BCUT2D eigenvalue weighted by atomic mass is 16.8. The third kappa shape index (κ3) is 2.25. The van der Waals surface area contributed by atoms with Crippen LogP contribution < -0.4 is 0 Å². The molecular formula is C11H12O3. The molecule has 1 heterocycles. The zero-order valence-corrected chi connectivity index (χ0v) is 7.81. The molecule has 0 amide bonds. The van der Waals surface area contributed by atoms with Gasteiger partial charge in [-0.3, -0.25) is 0 Å². The number of carbonyl (C=O) groups excluding carboxylic acids is 1. The van der Waals surface area contributed by atoms with Crippen molar-refractivity contribution in [3.63, 3.8) is 0 Å². The maximum Gasteiger partial charge on any atom is 0.508 e. The van der Waals surface area contributed by atoms with Gasteiger partial charge in [0.15, 0.2) is 0 Å². The molecule has 74 valence electrons. The van der Waals surface area contributed by atoms with Crippen LogP contribution in [0.5, 0.6) is 0 Å². The highest BCUT2D eigenvalue weighted by molar-refractivity contribution is 5.61. The highest BCUT2D eigenvalue weighted by Gasteiger charge is 2.24. The Bertz CT molecular complexity index is 308. The van der Waals surface area contributed by atoms with Crippen molar-refractivity contribution in [1.29, 1.82) is 0 Å². The lowest BCUT2D eigenvalue weighted by Gasteiger charge is -2.05. The molecule has 3 nitrogen and oxygen atoms in total. The largest absolute Gasteiger partial charge is 0.508 e. The van der Waals surface area contributed by atoms with Crippen molar-refractivity contribution in [2.75, 3.05) is 6.61 Å². The summed E-state index contributed by atoms with van der Waals surface area (Å²) in [6.45, 7) is 0.395. The van der Waals surface area contributed by atoms with Gasteiger partial charge in [-0.15, -0.1) is 0 Å². The first-order chi connectivity index (χ1) is 6.84. The van der Waals surface area contributed by atoms with Gasteiger partial charge < -0.3 is 9.47 Å². The van der Waals surface area contributed by atoms with E-state index in [1.165, 1.54) is 5.56 Å². The lowest BCUT2D eigenvalue weighted by molar-refractivity contribution is 0.116. The van der Waals surface area contributed by atoms with Crippen LogP contribution in [0.1, 0.15) is 12.0 Å². The Morgan fingerprint density at radius 3 is 2.71 bits per heavy atom. The van der Waals surface area contributed by atoms with Crippen molar-refractivity contribution in [1.82, 2.24) is 0 Å². The van der Waals surface area contributed by atoms with Gasteiger partial charge in [0.05, 0.1) is 0 Å². The van der Waals surface area contributed by atoms with Gasteiger partial charge >= 0.3 is 6.16 Å². The summed E-state index contributed by atoms with van der Waals surface area (Å²) in [4.78, 5) is 10.6. The minimum Gasteiger partial charge on any atom is -0.430 e. The van der Waals surface area contributed by atoms with Crippen molar-refractivity contribution >= 4 is 6.16 Å². The number of aryl methyl sites for hydroxylation is 1.